The van der Waals surface area contributed by atoms with Gasteiger partial charge in [-0.25, -0.2) is 0 Å². The van der Waals surface area contributed by atoms with E-state index in [-0.39, 0.29) is 6.10 Å². The number of rotatable bonds is 6. The molecule has 0 bridgehead atoms. The van der Waals surface area contributed by atoms with E-state index in [1.807, 2.05) is 6.26 Å². The molecule has 2 atom stereocenters. The first kappa shape index (κ1) is 14.1. The highest BCUT2D eigenvalue weighted by molar-refractivity contribution is 5.12. The van der Waals surface area contributed by atoms with E-state index < -0.39 is 0 Å². The van der Waals surface area contributed by atoms with Crippen molar-refractivity contribution in [2.24, 2.45) is 0 Å². The largest absolute Gasteiger partial charge is 0.467 e. The molecule has 2 unspecified atom stereocenters. The summed E-state index contributed by atoms with van der Waals surface area (Å²) in [6.07, 6.45) is 7.28. The Morgan fingerprint density at radius 1 is 1.25 bits per heavy atom. The van der Waals surface area contributed by atoms with Crippen LogP contribution in [0.3, 0.4) is 0 Å². The van der Waals surface area contributed by atoms with Gasteiger partial charge in [0.05, 0.1) is 24.6 Å². The van der Waals surface area contributed by atoms with Crippen molar-refractivity contribution in [3.63, 3.8) is 0 Å². The van der Waals surface area contributed by atoms with E-state index in [2.05, 4.69) is 25.2 Å². The summed E-state index contributed by atoms with van der Waals surface area (Å²) < 4.78 is 17.3. The van der Waals surface area contributed by atoms with Crippen molar-refractivity contribution in [3.05, 3.63) is 23.7 Å². The Hall–Kier alpha value is -0.840. The van der Waals surface area contributed by atoms with Crippen molar-refractivity contribution < 1.29 is 13.9 Å². The lowest BCUT2D eigenvalue weighted by Crippen LogP contribution is -2.33. The molecule has 1 aromatic rings. The third kappa shape index (κ3) is 4.08. The molecule has 1 aliphatic heterocycles. The second kappa shape index (κ2) is 6.29. The highest BCUT2D eigenvalue weighted by Gasteiger charge is 2.25. The Labute approximate surface area is 120 Å². The second-order valence-electron chi connectivity index (χ2n) is 6.24. The number of hydrogen-bond donors (Lipinski definition) is 1. The summed E-state index contributed by atoms with van der Waals surface area (Å²) in [4.78, 5) is 0. The van der Waals surface area contributed by atoms with E-state index in [0.29, 0.717) is 18.8 Å². The van der Waals surface area contributed by atoms with Crippen LogP contribution in [0.5, 0.6) is 0 Å². The van der Waals surface area contributed by atoms with Crippen molar-refractivity contribution in [2.75, 3.05) is 0 Å². The van der Waals surface area contributed by atoms with E-state index >= 15 is 0 Å². The number of nitrogens with one attached hydrogen (secondary N) is 1. The minimum atomic E-state index is 0.284. The van der Waals surface area contributed by atoms with Gasteiger partial charge in [0.1, 0.15) is 12.4 Å². The SMILES string of the molecule is CC1CC(OCc2cc(CNC3CC3)co2)CC(C)O1. The Balaban J connectivity index is 1.43. The summed E-state index contributed by atoms with van der Waals surface area (Å²) in [6, 6.07) is 2.83. The lowest BCUT2D eigenvalue weighted by molar-refractivity contribution is -0.108. The third-order valence-electron chi connectivity index (χ3n) is 4.00. The molecule has 2 fully saturated rings. The van der Waals surface area contributed by atoms with Crippen LogP contribution in [0.2, 0.25) is 0 Å². The maximum Gasteiger partial charge on any atom is 0.129 e. The van der Waals surface area contributed by atoms with Gasteiger partial charge < -0.3 is 19.2 Å². The first-order chi connectivity index (χ1) is 9.69. The average Bonchev–Trinajstić information content (AvgIpc) is 3.12. The molecule has 0 spiro atoms. The molecule has 2 heterocycles. The fourth-order valence-electron chi connectivity index (χ4n) is 2.82. The number of ether oxygens (including phenoxy) is 2. The maximum absolute atomic E-state index is 5.97. The van der Waals surface area contributed by atoms with Crippen molar-refractivity contribution in [1.82, 2.24) is 5.32 Å². The quantitative estimate of drug-likeness (QED) is 0.869. The molecule has 2 aliphatic rings. The lowest BCUT2D eigenvalue weighted by atomic mass is 10.0. The zero-order valence-corrected chi connectivity index (χ0v) is 12.4. The third-order valence-corrected chi connectivity index (χ3v) is 4.00. The molecule has 3 rings (SSSR count). The number of hydrogen-bond acceptors (Lipinski definition) is 4. The minimum Gasteiger partial charge on any atom is -0.467 e. The van der Waals surface area contributed by atoms with Gasteiger partial charge in [-0.2, -0.15) is 0 Å². The van der Waals surface area contributed by atoms with Crippen molar-refractivity contribution >= 4 is 0 Å². The van der Waals surface area contributed by atoms with Crippen LogP contribution in [0.25, 0.3) is 0 Å². The summed E-state index contributed by atoms with van der Waals surface area (Å²) in [7, 11) is 0. The highest BCUT2D eigenvalue weighted by Crippen LogP contribution is 2.23. The first-order valence-electron chi connectivity index (χ1n) is 7.76. The van der Waals surface area contributed by atoms with E-state index in [0.717, 1.165) is 31.2 Å². The van der Waals surface area contributed by atoms with Crippen LogP contribution in [-0.2, 0) is 22.6 Å². The fraction of sp³-hybridized carbons (Fsp3) is 0.750. The molecule has 0 radical (unpaired) electrons. The van der Waals surface area contributed by atoms with Gasteiger partial charge in [0.25, 0.3) is 0 Å². The molecule has 112 valence electrons. The molecule has 1 saturated heterocycles. The van der Waals surface area contributed by atoms with Gasteiger partial charge in [-0.3, -0.25) is 0 Å². The van der Waals surface area contributed by atoms with E-state index in [1.165, 1.54) is 18.4 Å². The van der Waals surface area contributed by atoms with Crippen LogP contribution >= 0.6 is 0 Å². The summed E-state index contributed by atoms with van der Waals surface area (Å²) >= 11 is 0. The molecule has 1 N–H and O–H groups in total. The molecule has 1 aliphatic carbocycles. The summed E-state index contributed by atoms with van der Waals surface area (Å²) in [5.41, 5.74) is 1.21. The Kier molecular flexibility index (Phi) is 4.44. The summed E-state index contributed by atoms with van der Waals surface area (Å²) in [5.74, 6) is 0.921. The maximum atomic E-state index is 5.97. The monoisotopic (exact) mass is 279 g/mol. The normalized spacial score (nSPS) is 30.6. The molecule has 20 heavy (non-hydrogen) atoms. The van der Waals surface area contributed by atoms with E-state index in [1.54, 1.807) is 0 Å². The van der Waals surface area contributed by atoms with Gasteiger partial charge in [-0.15, -0.1) is 0 Å². The van der Waals surface area contributed by atoms with Gasteiger partial charge in [-0.1, -0.05) is 0 Å². The molecule has 0 aromatic carbocycles. The standard InChI is InChI=1S/C16H25NO3/c1-11-5-15(6-12(2)20-11)19-10-16-7-13(9-18-16)8-17-14-3-4-14/h7,9,11-12,14-15,17H,3-6,8,10H2,1-2H3. The van der Waals surface area contributed by atoms with E-state index in [4.69, 9.17) is 13.9 Å². The van der Waals surface area contributed by atoms with Crippen LogP contribution in [0.15, 0.2) is 16.7 Å². The van der Waals surface area contributed by atoms with Crippen molar-refractivity contribution in [1.29, 1.82) is 0 Å². The molecular weight excluding hydrogens is 254 g/mol. The van der Waals surface area contributed by atoms with Crippen LogP contribution in [-0.4, -0.2) is 24.4 Å². The summed E-state index contributed by atoms with van der Waals surface area (Å²) in [5, 5.41) is 3.49. The van der Waals surface area contributed by atoms with Gasteiger partial charge in [0, 0.05) is 18.2 Å². The van der Waals surface area contributed by atoms with Crippen LogP contribution in [0, 0.1) is 0 Å². The lowest BCUT2D eigenvalue weighted by Gasteiger charge is -2.31. The van der Waals surface area contributed by atoms with Crippen LogP contribution < -0.4 is 5.32 Å². The van der Waals surface area contributed by atoms with Crippen LogP contribution in [0.4, 0.5) is 0 Å². The highest BCUT2D eigenvalue weighted by atomic mass is 16.5. The molecular formula is C16H25NO3. The van der Waals surface area contributed by atoms with Gasteiger partial charge in [0.2, 0.25) is 0 Å². The van der Waals surface area contributed by atoms with Gasteiger partial charge in [-0.05, 0) is 45.6 Å². The predicted molar refractivity (Wildman–Crippen MR) is 76.4 cm³/mol. The topological polar surface area (TPSA) is 43.6 Å². The first-order valence-corrected chi connectivity index (χ1v) is 7.76. The Morgan fingerprint density at radius 2 is 2.00 bits per heavy atom. The molecule has 4 heteroatoms. The van der Waals surface area contributed by atoms with Crippen molar-refractivity contribution in [3.8, 4) is 0 Å². The Morgan fingerprint density at radius 3 is 2.70 bits per heavy atom. The number of furan rings is 1. The Bertz CT molecular complexity index is 417. The zero-order chi connectivity index (χ0) is 13.9. The predicted octanol–water partition coefficient (Wildman–Crippen LogP) is 3.00. The van der Waals surface area contributed by atoms with E-state index in [9.17, 15) is 0 Å². The van der Waals surface area contributed by atoms with Gasteiger partial charge in [0.15, 0.2) is 0 Å². The fourth-order valence-corrected chi connectivity index (χ4v) is 2.82. The average molecular weight is 279 g/mol. The van der Waals surface area contributed by atoms with Crippen molar-refractivity contribution in [2.45, 2.75) is 77.0 Å². The molecule has 1 aromatic heterocycles. The summed E-state index contributed by atoms with van der Waals surface area (Å²) in [6.45, 7) is 5.69. The molecule has 0 amide bonds. The molecule has 4 nitrogen and oxygen atoms in total. The van der Waals surface area contributed by atoms with Crippen LogP contribution in [0.1, 0.15) is 50.9 Å². The zero-order valence-electron chi connectivity index (χ0n) is 12.4. The second-order valence-corrected chi connectivity index (χ2v) is 6.24. The molecule has 1 saturated carbocycles. The smallest absolute Gasteiger partial charge is 0.129 e. The van der Waals surface area contributed by atoms with Gasteiger partial charge >= 0.3 is 0 Å². The minimum absolute atomic E-state index is 0.284.